The Morgan fingerprint density at radius 1 is 1.16 bits per heavy atom. The Labute approximate surface area is 226 Å². The SMILES string of the molecule is CCOCCn1c(=NC(=O)CSCC(=O)Nc2sc3c(c2C(=O)OC)CCC3)sc2cc(OC)ccc21. The van der Waals surface area contributed by atoms with Crippen LogP contribution in [0.3, 0.4) is 0 Å². The summed E-state index contributed by atoms with van der Waals surface area (Å²) in [7, 11) is 2.95. The van der Waals surface area contributed by atoms with Crippen LogP contribution in [0.15, 0.2) is 23.2 Å². The number of amides is 2. The summed E-state index contributed by atoms with van der Waals surface area (Å²) in [5.41, 5.74) is 2.39. The summed E-state index contributed by atoms with van der Waals surface area (Å²) in [6.45, 7) is 3.61. The van der Waals surface area contributed by atoms with Crippen LogP contribution in [0.1, 0.15) is 34.1 Å². The Bertz CT molecular complexity index is 1370. The van der Waals surface area contributed by atoms with E-state index in [2.05, 4.69) is 10.3 Å². The smallest absolute Gasteiger partial charge is 0.341 e. The minimum atomic E-state index is -0.435. The summed E-state index contributed by atoms with van der Waals surface area (Å²) in [5, 5.41) is 3.36. The Kier molecular flexibility index (Phi) is 9.41. The van der Waals surface area contributed by atoms with Crippen LogP contribution in [-0.4, -0.2) is 61.3 Å². The average Bonchev–Trinajstić information content (AvgIpc) is 3.56. The van der Waals surface area contributed by atoms with Gasteiger partial charge in [0.05, 0.1) is 48.1 Å². The van der Waals surface area contributed by atoms with Gasteiger partial charge in [-0.15, -0.1) is 23.1 Å². The fourth-order valence-corrected chi connectivity index (χ4v) is 7.12. The first-order valence-corrected chi connectivity index (χ1v) is 14.7. The monoisotopic (exact) mass is 563 g/mol. The summed E-state index contributed by atoms with van der Waals surface area (Å²) in [6.07, 6.45) is 2.71. The number of carbonyl (C=O) groups excluding carboxylic acids is 3. The van der Waals surface area contributed by atoms with Crippen molar-refractivity contribution in [2.45, 2.75) is 32.7 Å². The molecule has 1 aliphatic rings. The van der Waals surface area contributed by atoms with Gasteiger partial charge in [-0.05, 0) is 49.9 Å². The topological polar surface area (TPSA) is 108 Å². The molecule has 1 aliphatic carbocycles. The molecule has 4 rings (SSSR count). The molecule has 0 saturated heterocycles. The highest BCUT2D eigenvalue weighted by Crippen LogP contribution is 2.39. The highest BCUT2D eigenvalue weighted by molar-refractivity contribution is 8.00. The number of carbonyl (C=O) groups is 3. The molecule has 0 bridgehead atoms. The van der Waals surface area contributed by atoms with Crippen LogP contribution >= 0.6 is 34.4 Å². The van der Waals surface area contributed by atoms with Crippen molar-refractivity contribution in [3.63, 3.8) is 0 Å². The molecule has 1 N–H and O–H groups in total. The van der Waals surface area contributed by atoms with Gasteiger partial charge in [-0.2, -0.15) is 4.99 Å². The van der Waals surface area contributed by atoms with E-state index >= 15 is 0 Å². The number of hydrogen-bond acceptors (Lipinski definition) is 9. The molecular formula is C25H29N3O6S3. The Morgan fingerprint density at radius 3 is 2.76 bits per heavy atom. The van der Waals surface area contributed by atoms with Crippen molar-refractivity contribution >= 4 is 67.4 Å². The number of nitrogens with one attached hydrogen (secondary N) is 1. The van der Waals surface area contributed by atoms with Crippen molar-refractivity contribution in [3.05, 3.63) is 39.0 Å². The number of rotatable bonds is 11. The van der Waals surface area contributed by atoms with Crippen LogP contribution in [0.4, 0.5) is 5.00 Å². The van der Waals surface area contributed by atoms with Gasteiger partial charge in [-0.25, -0.2) is 4.79 Å². The second kappa shape index (κ2) is 12.7. The molecule has 198 valence electrons. The Morgan fingerprint density at radius 2 is 2.00 bits per heavy atom. The predicted molar refractivity (Wildman–Crippen MR) is 147 cm³/mol. The molecule has 9 nitrogen and oxygen atoms in total. The van der Waals surface area contributed by atoms with Gasteiger partial charge >= 0.3 is 5.97 Å². The van der Waals surface area contributed by atoms with Crippen molar-refractivity contribution in [3.8, 4) is 5.75 Å². The third-order valence-electron chi connectivity index (χ3n) is 5.80. The lowest BCUT2D eigenvalue weighted by molar-refractivity contribution is -0.115. The van der Waals surface area contributed by atoms with E-state index in [1.165, 1.54) is 41.5 Å². The van der Waals surface area contributed by atoms with Crippen LogP contribution in [-0.2, 0) is 38.4 Å². The first kappa shape index (κ1) is 27.4. The van der Waals surface area contributed by atoms with Gasteiger partial charge < -0.3 is 24.1 Å². The number of aryl methyl sites for hydroxylation is 1. The van der Waals surface area contributed by atoms with E-state index < -0.39 is 5.97 Å². The van der Waals surface area contributed by atoms with Crippen LogP contribution in [0.2, 0.25) is 0 Å². The quantitative estimate of drug-likeness (QED) is 0.279. The van der Waals surface area contributed by atoms with Gasteiger partial charge in [0.15, 0.2) is 4.80 Å². The number of thiophene rings is 1. The zero-order chi connectivity index (χ0) is 26.4. The number of methoxy groups -OCH3 is 2. The number of esters is 1. The van der Waals surface area contributed by atoms with Gasteiger partial charge in [0.2, 0.25) is 5.91 Å². The zero-order valence-corrected chi connectivity index (χ0v) is 23.4. The third kappa shape index (κ3) is 6.43. The molecule has 0 radical (unpaired) electrons. The number of thiazole rings is 1. The van der Waals surface area contributed by atoms with Crippen molar-refractivity contribution in [2.75, 3.05) is 44.3 Å². The van der Waals surface area contributed by atoms with Gasteiger partial charge in [0, 0.05) is 18.0 Å². The van der Waals surface area contributed by atoms with E-state index in [1.807, 2.05) is 29.7 Å². The highest BCUT2D eigenvalue weighted by atomic mass is 32.2. The molecule has 37 heavy (non-hydrogen) atoms. The van der Waals surface area contributed by atoms with E-state index in [4.69, 9.17) is 14.2 Å². The number of benzene rings is 1. The second-order valence-electron chi connectivity index (χ2n) is 8.17. The molecule has 0 spiro atoms. The average molecular weight is 564 g/mol. The van der Waals surface area contributed by atoms with Crippen molar-refractivity contribution in [2.24, 2.45) is 4.99 Å². The summed E-state index contributed by atoms with van der Waals surface area (Å²) >= 11 is 4.02. The number of fused-ring (bicyclic) bond motifs is 2. The number of anilines is 1. The van der Waals surface area contributed by atoms with Crippen LogP contribution in [0, 0.1) is 0 Å². The summed E-state index contributed by atoms with van der Waals surface area (Å²) in [6, 6.07) is 5.74. The minimum absolute atomic E-state index is 0.0568. The number of thioether (sulfide) groups is 1. The van der Waals surface area contributed by atoms with Gasteiger partial charge in [0.1, 0.15) is 10.8 Å². The maximum atomic E-state index is 12.7. The normalized spacial score (nSPS) is 13.1. The van der Waals surface area contributed by atoms with E-state index in [-0.39, 0.29) is 23.3 Å². The fraction of sp³-hybridized carbons (Fsp3) is 0.440. The molecule has 3 aromatic rings. The minimum Gasteiger partial charge on any atom is -0.497 e. The molecule has 0 saturated carbocycles. The summed E-state index contributed by atoms with van der Waals surface area (Å²) in [4.78, 5) is 43.6. The Hall–Kier alpha value is -2.67. The Balaban J connectivity index is 1.41. The van der Waals surface area contributed by atoms with Crippen LogP contribution in [0.5, 0.6) is 5.75 Å². The maximum Gasteiger partial charge on any atom is 0.341 e. The first-order chi connectivity index (χ1) is 17.9. The van der Waals surface area contributed by atoms with Gasteiger partial charge in [-0.1, -0.05) is 11.3 Å². The van der Waals surface area contributed by atoms with Gasteiger partial charge in [-0.3, -0.25) is 9.59 Å². The standard InChI is InChI=1S/C25H29N3O6S3/c1-4-34-11-10-28-17-9-8-15(32-2)12-19(17)37-25(28)27-21(30)14-35-13-20(29)26-23-22(24(31)33-3)16-6-5-7-18(16)36-23/h8-9,12H,4-7,10-11,13-14H2,1-3H3,(H,26,29). The lowest BCUT2D eigenvalue weighted by atomic mass is 10.1. The van der Waals surface area contributed by atoms with Crippen LogP contribution in [0.25, 0.3) is 10.2 Å². The number of ether oxygens (including phenoxy) is 3. The molecule has 2 aromatic heterocycles. The van der Waals surface area contributed by atoms with Crippen molar-refractivity contribution in [1.29, 1.82) is 0 Å². The third-order valence-corrected chi connectivity index (χ3v) is 8.96. The number of aromatic nitrogens is 1. The van der Waals surface area contributed by atoms with E-state index in [1.54, 1.807) is 7.11 Å². The molecule has 2 amide bonds. The van der Waals surface area contributed by atoms with Gasteiger partial charge in [0.25, 0.3) is 5.91 Å². The molecule has 0 fully saturated rings. The van der Waals surface area contributed by atoms with Crippen molar-refractivity contribution in [1.82, 2.24) is 4.57 Å². The molecule has 1 aromatic carbocycles. The molecular weight excluding hydrogens is 534 g/mol. The molecule has 0 aliphatic heterocycles. The largest absolute Gasteiger partial charge is 0.497 e. The summed E-state index contributed by atoms with van der Waals surface area (Å²) in [5.74, 6) is -0.179. The van der Waals surface area contributed by atoms with Crippen molar-refractivity contribution < 1.29 is 28.6 Å². The number of nitrogens with zero attached hydrogens (tertiary/aromatic N) is 2. The zero-order valence-electron chi connectivity index (χ0n) is 21.0. The fourth-order valence-electron chi connectivity index (χ4n) is 4.13. The molecule has 0 unspecified atom stereocenters. The number of hydrogen-bond donors (Lipinski definition) is 1. The molecule has 0 atom stereocenters. The van der Waals surface area contributed by atoms with E-state index in [0.717, 1.165) is 45.7 Å². The lowest BCUT2D eigenvalue weighted by Crippen LogP contribution is -2.20. The van der Waals surface area contributed by atoms with E-state index in [0.29, 0.717) is 35.1 Å². The molecule has 12 heteroatoms. The lowest BCUT2D eigenvalue weighted by Gasteiger charge is -2.07. The molecule has 2 heterocycles. The maximum absolute atomic E-state index is 12.7. The highest BCUT2D eigenvalue weighted by Gasteiger charge is 2.28. The van der Waals surface area contributed by atoms with E-state index in [9.17, 15) is 14.4 Å². The second-order valence-corrected chi connectivity index (χ2v) is 11.3. The predicted octanol–water partition coefficient (Wildman–Crippen LogP) is 3.88. The summed E-state index contributed by atoms with van der Waals surface area (Å²) < 4.78 is 18.7. The first-order valence-electron chi connectivity index (χ1n) is 11.9. The van der Waals surface area contributed by atoms with Crippen LogP contribution < -0.4 is 14.9 Å².